The zero-order valence-electron chi connectivity index (χ0n) is 10.2. The van der Waals surface area contributed by atoms with E-state index in [4.69, 9.17) is 5.73 Å². The van der Waals surface area contributed by atoms with E-state index in [0.29, 0.717) is 0 Å². The van der Waals surface area contributed by atoms with Crippen LogP contribution in [0.25, 0.3) is 0 Å². The molecular weight excluding hydrogens is 236 g/mol. The number of rotatable bonds is 4. The van der Waals surface area contributed by atoms with Crippen LogP contribution in [0.4, 0.5) is 10.5 Å². The minimum absolute atomic E-state index is 0.0808. The van der Waals surface area contributed by atoms with Crippen molar-refractivity contribution in [1.29, 1.82) is 0 Å². The quantitative estimate of drug-likeness (QED) is 0.489. The number of para-hydroxylation sites is 1. The average molecular weight is 250 g/mol. The van der Waals surface area contributed by atoms with Crippen molar-refractivity contribution in [2.24, 2.45) is 5.73 Å². The molecule has 0 saturated carbocycles. The highest BCUT2D eigenvalue weighted by Crippen LogP contribution is 2.19. The Balaban J connectivity index is 3.13. The van der Waals surface area contributed by atoms with Crippen molar-refractivity contribution in [1.82, 2.24) is 0 Å². The fourth-order valence-corrected chi connectivity index (χ4v) is 1.38. The first-order valence-corrected chi connectivity index (χ1v) is 5.32. The molecule has 2 N–H and O–H groups in total. The number of benzene rings is 1. The van der Waals surface area contributed by atoms with Gasteiger partial charge in [0.2, 0.25) is 0 Å². The molecule has 0 bridgehead atoms. The predicted molar refractivity (Wildman–Crippen MR) is 65.4 cm³/mol. The molecule has 0 saturated heterocycles. The molecule has 0 heterocycles. The lowest BCUT2D eigenvalue weighted by Crippen LogP contribution is -2.33. The fraction of sp³-hybridized carbons (Fsp3) is 0.250. The van der Waals surface area contributed by atoms with Crippen molar-refractivity contribution in [3.63, 3.8) is 0 Å². The SMILES string of the molecule is CCOC(=O)C(=O)c1ccccc1N(C)C(N)=O. The van der Waals surface area contributed by atoms with Crippen LogP contribution in [0.1, 0.15) is 17.3 Å². The van der Waals surface area contributed by atoms with Gasteiger partial charge in [0.15, 0.2) is 0 Å². The number of esters is 1. The summed E-state index contributed by atoms with van der Waals surface area (Å²) in [5, 5.41) is 0. The smallest absolute Gasteiger partial charge is 0.379 e. The highest BCUT2D eigenvalue weighted by atomic mass is 16.5. The first-order valence-electron chi connectivity index (χ1n) is 5.32. The van der Waals surface area contributed by atoms with Gasteiger partial charge in [-0.3, -0.25) is 9.69 Å². The van der Waals surface area contributed by atoms with E-state index in [1.807, 2.05) is 0 Å². The van der Waals surface area contributed by atoms with Crippen molar-refractivity contribution in [3.05, 3.63) is 29.8 Å². The molecule has 6 heteroatoms. The third-order valence-corrected chi connectivity index (χ3v) is 2.30. The van der Waals surface area contributed by atoms with E-state index in [0.717, 1.165) is 4.90 Å². The van der Waals surface area contributed by atoms with Gasteiger partial charge in [0, 0.05) is 7.05 Å². The molecule has 0 unspecified atom stereocenters. The summed E-state index contributed by atoms with van der Waals surface area (Å²) >= 11 is 0. The number of ketones is 1. The molecule has 0 fully saturated rings. The molecular formula is C12H14N2O4. The minimum atomic E-state index is -0.956. The Bertz CT molecular complexity index is 485. The van der Waals surface area contributed by atoms with Gasteiger partial charge in [0.05, 0.1) is 17.9 Å². The van der Waals surface area contributed by atoms with Crippen LogP contribution in [-0.2, 0) is 9.53 Å². The number of primary amides is 1. The van der Waals surface area contributed by atoms with E-state index in [1.165, 1.54) is 19.2 Å². The van der Waals surface area contributed by atoms with Crippen LogP contribution < -0.4 is 10.6 Å². The Kier molecular flexibility index (Phi) is 4.42. The van der Waals surface area contributed by atoms with Crippen molar-refractivity contribution < 1.29 is 19.1 Å². The van der Waals surface area contributed by atoms with Gasteiger partial charge in [0.1, 0.15) is 0 Å². The number of urea groups is 1. The normalized spacial score (nSPS) is 9.67. The number of ether oxygens (including phenoxy) is 1. The van der Waals surface area contributed by atoms with Crippen LogP contribution in [0.15, 0.2) is 24.3 Å². The molecule has 0 aliphatic rings. The highest BCUT2D eigenvalue weighted by Gasteiger charge is 2.23. The third-order valence-electron chi connectivity index (χ3n) is 2.30. The van der Waals surface area contributed by atoms with Gasteiger partial charge in [-0.25, -0.2) is 9.59 Å². The summed E-state index contributed by atoms with van der Waals surface area (Å²) in [6, 6.07) is 5.46. The number of anilines is 1. The van der Waals surface area contributed by atoms with Crippen LogP contribution in [0, 0.1) is 0 Å². The van der Waals surface area contributed by atoms with Crippen LogP contribution in [-0.4, -0.2) is 31.4 Å². The first-order chi connectivity index (χ1) is 8.49. The topological polar surface area (TPSA) is 89.7 Å². The lowest BCUT2D eigenvalue weighted by atomic mass is 10.1. The number of carbonyl (C=O) groups excluding carboxylic acids is 3. The standard InChI is InChI=1S/C12H14N2O4/c1-3-18-11(16)10(15)8-6-4-5-7-9(8)14(2)12(13)17/h4-7H,3H2,1-2H3,(H2,13,17). The van der Waals surface area contributed by atoms with Crippen LogP contribution in [0.2, 0.25) is 0 Å². The minimum Gasteiger partial charge on any atom is -0.460 e. The Hall–Kier alpha value is -2.37. The molecule has 0 radical (unpaired) electrons. The zero-order valence-corrected chi connectivity index (χ0v) is 10.2. The van der Waals surface area contributed by atoms with E-state index < -0.39 is 17.8 Å². The summed E-state index contributed by atoms with van der Waals surface area (Å²) in [6.07, 6.45) is 0. The van der Waals surface area contributed by atoms with Crippen LogP contribution >= 0.6 is 0 Å². The summed E-state index contributed by atoms with van der Waals surface area (Å²) in [6.45, 7) is 1.71. The molecule has 1 rings (SSSR count). The number of hydrogen-bond donors (Lipinski definition) is 1. The predicted octanol–water partition coefficient (Wildman–Crippen LogP) is 0.947. The second kappa shape index (κ2) is 5.81. The lowest BCUT2D eigenvalue weighted by molar-refractivity contribution is -0.137. The van der Waals surface area contributed by atoms with Gasteiger partial charge in [-0.05, 0) is 19.1 Å². The number of amides is 2. The van der Waals surface area contributed by atoms with Gasteiger partial charge >= 0.3 is 12.0 Å². The van der Waals surface area contributed by atoms with E-state index in [1.54, 1.807) is 19.1 Å². The van der Waals surface area contributed by atoms with Gasteiger partial charge < -0.3 is 10.5 Å². The number of nitrogens with two attached hydrogens (primary N) is 1. The number of carbonyl (C=O) groups is 3. The van der Waals surface area contributed by atoms with Gasteiger partial charge in [0.25, 0.3) is 5.78 Å². The average Bonchev–Trinajstić information content (AvgIpc) is 2.37. The second-order valence-corrected chi connectivity index (χ2v) is 3.46. The molecule has 0 aliphatic carbocycles. The Morgan fingerprint density at radius 1 is 1.28 bits per heavy atom. The zero-order chi connectivity index (χ0) is 13.7. The molecule has 18 heavy (non-hydrogen) atoms. The van der Waals surface area contributed by atoms with E-state index in [2.05, 4.69) is 4.74 Å². The van der Waals surface area contributed by atoms with E-state index in [-0.39, 0.29) is 17.9 Å². The van der Waals surface area contributed by atoms with Crippen molar-refractivity contribution in [2.45, 2.75) is 6.92 Å². The van der Waals surface area contributed by atoms with Gasteiger partial charge in [-0.2, -0.15) is 0 Å². The molecule has 96 valence electrons. The number of Topliss-reactive ketones (excluding diaryl/α,β-unsaturated/α-hetero) is 1. The summed E-state index contributed by atoms with van der Waals surface area (Å²) in [7, 11) is 1.42. The molecule has 1 aromatic carbocycles. The number of hydrogen-bond acceptors (Lipinski definition) is 4. The summed E-state index contributed by atoms with van der Waals surface area (Å²) < 4.78 is 4.63. The second-order valence-electron chi connectivity index (χ2n) is 3.46. The van der Waals surface area contributed by atoms with Crippen molar-refractivity contribution >= 4 is 23.5 Å². The molecule has 1 aromatic rings. The van der Waals surface area contributed by atoms with Crippen LogP contribution in [0.5, 0.6) is 0 Å². The Morgan fingerprint density at radius 3 is 2.44 bits per heavy atom. The van der Waals surface area contributed by atoms with Crippen molar-refractivity contribution in [2.75, 3.05) is 18.6 Å². The maximum absolute atomic E-state index is 11.8. The molecule has 0 aromatic heterocycles. The number of nitrogens with zero attached hydrogens (tertiary/aromatic N) is 1. The van der Waals surface area contributed by atoms with Gasteiger partial charge in [-0.15, -0.1) is 0 Å². The molecule has 6 nitrogen and oxygen atoms in total. The van der Waals surface area contributed by atoms with Crippen LogP contribution in [0.3, 0.4) is 0 Å². The Morgan fingerprint density at radius 2 is 1.89 bits per heavy atom. The summed E-state index contributed by atoms with van der Waals surface area (Å²) in [5.74, 6) is -1.76. The molecule has 0 atom stereocenters. The van der Waals surface area contributed by atoms with E-state index in [9.17, 15) is 14.4 Å². The van der Waals surface area contributed by atoms with E-state index >= 15 is 0 Å². The maximum atomic E-state index is 11.8. The fourth-order valence-electron chi connectivity index (χ4n) is 1.38. The third kappa shape index (κ3) is 2.85. The molecule has 0 aliphatic heterocycles. The largest absolute Gasteiger partial charge is 0.460 e. The van der Waals surface area contributed by atoms with Gasteiger partial charge in [-0.1, -0.05) is 12.1 Å². The monoisotopic (exact) mass is 250 g/mol. The lowest BCUT2D eigenvalue weighted by Gasteiger charge is -2.17. The molecule has 0 spiro atoms. The highest BCUT2D eigenvalue weighted by molar-refractivity contribution is 6.42. The first kappa shape index (κ1) is 13.7. The summed E-state index contributed by atoms with van der Waals surface area (Å²) in [4.78, 5) is 35.4. The van der Waals surface area contributed by atoms with Crippen molar-refractivity contribution in [3.8, 4) is 0 Å². The molecule has 2 amide bonds. The maximum Gasteiger partial charge on any atom is 0.379 e. The Labute approximate surface area is 104 Å². The summed E-state index contributed by atoms with van der Waals surface area (Å²) in [5.41, 5.74) is 5.48.